The summed E-state index contributed by atoms with van der Waals surface area (Å²) in [4.78, 5) is 3.91. The molecule has 0 aliphatic heterocycles. The van der Waals surface area contributed by atoms with Crippen molar-refractivity contribution in [2.45, 2.75) is 24.8 Å². The summed E-state index contributed by atoms with van der Waals surface area (Å²) in [5.74, 6) is -0.164. The van der Waals surface area contributed by atoms with Crippen molar-refractivity contribution in [2.24, 2.45) is 0 Å². The van der Waals surface area contributed by atoms with Crippen LogP contribution < -0.4 is 0 Å². The average Bonchev–Trinajstić information content (AvgIpc) is 2.59. The number of halogens is 2. The summed E-state index contributed by atoms with van der Waals surface area (Å²) in [6.45, 7) is 1.93. The molecule has 2 rings (SSSR count). The molecule has 0 aliphatic rings. The highest BCUT2D eigenvalue weighted by molar-refractivity contribution is 8.13. The molecule has 17 heavy (non-hydrogen) atoms. The molecule has 0 unspecified atom stereocenters. The zero-order chi connectivity index (χ0) is 12.6. The number of imidazole rings is 1. The van der Waals surface area contributed by atoms with Gasteiger partial charge in [-0.25, -0.2) is 17.8 Å². The number of hydrogen-bond acceptors (Lipinski definition) is 3. The number of nitrogens with zero attached hydrogens (tertiary/aromatic N) is 2. The minimum absolute atomic E-state index is 0.0917. The molecule has 92 valence electrons. The fraction of sp³-hybridized carbons (Fsp3) is 0.300. The number of pyridine rings is 1. The number of aryl methyl sites for hydroxylation is 1. The lowest BCUT2D eigenvalue weighted by molar-refractivity contribution is 0.604. The molecule has 0 saturated heterocycles. The van der Waals surface area contributed by atoms with E-state index < -0.39 is 19.9 Å². The summed E-state index contributed by atoms with van der Waals surface area (Å²) in [6, 6.07) is 2.67. The fourth-order valence-corrected chi connectivity index (χ4v) is 2.66. The Balaban J connectivity index is 2.86. The van der Waals surface area contributed by atoms with E-state index in [4.69, 9.17) is 10.7 Å². The van der Waals surface area contributed by atoms with E-state index in [9.17, 15) is 12.8 Å². The van der Waals surface area contributed by atoms with Crippen molar-refractivity contribution in [1.29, 1.82) is 0 Å². The first-order valence-corrected chi connectivity index (χ1v) is 7.36. The highest BCUT2D eigenvalue weighted by Crippen LogP contribution is 2.24. The van der Waals surface area contributed by atoms with Gasteiger partial charge in [-0.2, -0.15) is 0 Å². The van der Waals surface area contributed by atoms with E-state index in [-0.39, 0.29) is 5.52 Å². The quantitative estimate of drug-likeness (QED) is 0.809. The van der Waals surface area contributed by atoms with E-state index in [0.717, 1.165) is 6.42 Å². The van der Waals surface area contributed by atoms with Crippen LogP contribution in [0.3, 0.4) is 0 Å². The zero-order valence-corrected chi connectivity index (χ0v) is 10.6. The van der Waals surface area contributed by atoms with Gasteiger partial charge in [0.2, 0.25) is 0 Å². The summed E-state index contributed by atoms with van der Waals surface area (Å²) < 4.78 is 37.8. The normalized spacial score (nSPS) is 12.2. The first-order chi connectivity index (χ1) is 7.95. The van der Waals surface area contributed by atoms with E-state index in [1.165, 1.54) is 16.5 Å². The molecule has 0 aliphatic carbocycles. The Morgan fingerprint density at radius 1 is 1.53 bits per heavy atom. The maximum Gasteiger partial charge on any atom is 0.280 e. The minimum Gasteiger partial charge on any atom is -0.300 e. The van der Waals surface area contributed by atoms with Crippen molar-refractivity contribution in [3.63, 3.8) is 0 Å². The van der Waals surface area contributed by atoms with Crippen molar-refractivity contribution >= 4 is 25.2 Å². The van der Waals surface area contributed by atoms with E-state index in [1.807, 2.05) is 6.92 Å². The van der Waals surface area contributed by atoms with Gasteiger partial charge in [0.25, 0.3) is 9.05 Å². The molecule has 0 atom stereocenters. The Morgan fingerprint density at radius 3 is 2.82 bits per heavy atom. The number of aromatic nitrogens is 2. The topological polar surface area (TPSA) is 51.4 Å². The fourth-order valence-electron chi connectivity index (χ4n) is 1.70. The highest BCUT2D eigenvalue weighted by Gasteiger charge is 2.23. The number of fused-ring (bicyclic) bond motifs is 1. The molecule has 0 amide bonds. The van der Waals surface area contributed by atoms with Crippen LogP contribution in [-0.2, 0) is 15.5 Å². The van der Waals surface area contributed by atoms with E-state index in [1.54, 1.807) is 6.20 Å². The molecule has 0 radical (unpaired) electrons. The third-order valence-corrected chi connectivity index (χ3v) is 3.55. The molecule has 0 saturated carbocycles. The van der Waals surface area contributed by atoms with Gasteiger partial charge in [0.05, 0.1) is 0 Å². The zero-order valence-electron chi connectivity index (χ0n) is 9.02. The van der Waals surface area contributed by atoms with Gasteiger partial charge in [0, 0.05) is 23.3 Å². The molecule has 0 N–H and O–H groups in total. The van der Waals surface area contributed by atoms with E-state index >= 15 is 0 Å². The Hall–Kier alpha value is -1.14. The lowest BCUT2D eigenvalue weighted by Crippen LogP contribution is -1.95. The molecule has 0 aromatic carbocycles. The number of hydrogen-bond donors (Lipinski definition) is 0. The summed E-state index contributed by atoms with van der Waals surface area (Å²) in [5.41, 5.74) is -0.0917. The Morgan fingerprint density at radius 2 is 2.24 bits per heavy atom. The lowest BCUT2D eigenvalue weighted by Gasteiger charge is -1.99. The third-order valence-electron chi connectivity index (χ3n) is 2.36. The van der Waals surface area contributed by atoms with Crippen molar-refractivity contribution in [3.05, 3.63) is 30.0 Å². The summed E-state index contributed by atoms with van der Waals surface area (Å²) in [5, 5.41) is -0.416. The predicted molar refractivity (Wildman–Crippen MR) is 62.2 cm³/mol. The minimum atomic E-state index is -4.05. The van der Waals surface area contributed by atoms with Gasteiger partial charge in [-0.3, -0.25) is 4.40 Å². The standard InChI is InChI=1S/C10H10ClFN2O2S/c1-2-4-8-13-10(17(11,15)16)9-7(12)5-3-6-14(8)9/h3,5-6H,2,4H2,1H3. The molecule has 2 aromatic rings. The first kappa shape index (κ1) is 12.3. The second-order valence-corrected chi connectivity index (χ2v) is 6.08. The van der Waals surface area contributed by atoms with Crippen LogP contribution in [0.1, 0.15) is 19.2 Å². The summed E-state index contributed by atoms with van der Waals surface area (Å²) in [7, 11) is 1.20. The molecule has 0 bridgehead atoms. The van der Waals surface area contributed by atoms with Gasteiger partial charge in [-0.1, -0.05) is 6.92 Å². The average molecular weight is 277 g/mol. The van der Waals surface area contributed by atoms with Crippen LogP contribution in [0.25, 0.3) is 5.52 Å². The Kier molecular flexibility index (Phi) is 3.09. The molecular formula is C10H10ClFN2O2S. The lowest BCUT2D eigenvalue weighted by atomic mass is 10.3. The molecule has 0 fully saturated rings. The van der Waals surface area contributed by atoms with Crippen LogP contribution >= 0.6 is 10.7 Å². The smallest absolute Gasteiger partial charge is 0.280 e. The van der Waals surface area contributed by atoms with Gasteiger partial charge in [0.1, 0.15) is 17.2 Å². The van der Waals surface area contributed by atoms with Gasteiger partial charge < -0.3 is 0 Å². The SMILES string of the molecule is CCCc1nc(S(=O)(=O)Cl)c2c(F)cccn12. The van der Waals surface area contributed by atoms with E-state index in [0.29, 0.717) is 12.2 Å². The van der Waals surface area contributed by atoms with Crippen molar-refractivity contribution in [1.82, 2.24) is 9.38 Å². The highest BCUT2D eigenvalue weighted by atomic mass is 35.7. The maximum absolute atomic E-state index is 13.6. The van der Waals surface area contributed by atoms with Crippen LogP contribution in [0.2, 0.25) is 0 Å². The molecule has 7 heteroatoms. The predicted octanol–water partition coefficient (Wildman–Crippen LogP) is 2.35. The van der Waals surface area contributed by atoms with Gasteiger partial charge in [-0.15, -0.1) is 0 Å². The summed E-state index contributed by atoms with van der Waals surface area (Å²) in [6.07, 6.45) is 2.90. The Bertz CT molecular complexity index is 666. The van der Waals surface area contributed by atoms with Gasteiger partial charge in [-0.05, 0) is 18.6 Å². The Labute approximate surface area is 102 Å². The summed E-state index contributed by atoms with van der Waals surface area (Å²) >= 11 is 0. The second-order valence-electron chi connectivity index (χ2n) is 3.60. The number of rotatable bonds is 3. The van der Waals surface area contributed by atoms with Gasteiger partial charge >= 0.3 is 0 Å². The van der Waals surface area contributed by atoms with Crippen LogP contribution in [0.4, 0.5) is 4.39 Å². The molecule has 4 nitrogen and oxygen atoms in total. The van der Waals surface area contributed by atoms with Crippen LogP contribution in [0, 0.1) is 5.82 Å². The van der Waals surface area contributed by atoms with Crippen LogP contribution in [0.5, 0.6) is 0 Å². The van der Waals surface area contributed by atoms with Crippen LogP contribution in [0.15, 0.2) is 23.4 Å². The molecule has 2 heterocycles. The maximum atomic E-state index is 13.6. The first-order valence-electron chi connectivity index (χ1n) is 5.05. The van der Waals surface area contributed by atoms with Crippen molar-refractivity contribution < 1.29 is 12.8 Å². The molecule has 2 aromatic heterocycles. The molecular weight excluding hydrogens is 267 g/mol. The van der Waals surface area contributed by atoms with Crippen molar-refractivity contribution in [3.8, 4) is 0 Å². The van der Waals surface area contributed by atoms with Crippen molar-refractivity contribution in [2.75, 3.05) is 0 Å². The second kappa shape index (κ2) is 4.27. The molecule has 0 spiro atoms. The van der Waals surface area contributed by atoms with E-state index in [2.05, 4.69) is 4.98 Å². The monoisotopic (exact) mass is 276 g/mol. The third kappa shape index (κ3) is 2.14. The van der Waals surface area contributed by atoms with Crippen LogP contribution in [-0.4, -0.2) is 17.8 Å². The van der Waals surface area contributed by atoms with Gasteiger partial charge in [0.15, 0.2) is 5.03 Å². The largest absolute Gasteiger partial charge is 0.300 e.